The molecule has 1 fully saturated rings. The Morgan fingerprint density at radius 2 is 1.71 bits per heavy atom. The van der Waals surface area contributed by atoms with E-state index in [9.17, 15) is 0 Å². The Hall–Kier alpha value is -1.68. The molecule has 0 amide bonds. The van der Waals surface area contributed by atoms with Crippen LogP contribution >= 0.6 is 0 Å². The van der Waals surface area contributed by atoms with Gasteiger partial charge in [-0.3, -0.25) is 4.90 Å². The van der Waals surface area contributed by atoms with Crippen molar-refractivity contribution in [3.05, 3.63) is 47.0 Å². The minimum atomic E-state index is 0.671. The van der Waals surface area contributed by atoms with Crippen LogP contribution in [-0.2, 0) is 26.4 Å². The van der Waals surface area contributed by atoms with E-state index >= 15 is 0 Å². The van der Waals surface area contributed by atoms with E-state index in [0.29, 0.717) is 5.92 Å². The van der Waals surface area contributed by atoms with Crippen LogP contribution in [0.1, 0.15) is 41.5 Å². The zero-order valence-electron chi connectivity index (χ0n) is 12.6. The first-order chi connectivity index (χ1) is 10.3. The van der Waals surface area contributed by atoms with Gasteiger partial charge in [-0.1, -0.05) is 24.3 Å². The summed E-state index contributed by atoms with van der Waals surface area (Å²) in [7, 11) is 2.12. The van der Waals surface area contributed by atoms with Gasteiger partial charge in [0.15, 0.2) is 0 Å². The Morgan fingerprint density at radius 1 is 1.05 bits per heavy atom. The van der Waals surface area contributed by atoms with Crippen LogP contribution < -0.4 is 0 Å². The highest BCUT2D eigenvalue weighted by Gasteiger charge is 2.29. The van der Waals surface area contributed by atoms with Gasteiger partial charge >= 0.3 is 0 Å². The third-order valence-electron chi connectivity index (χ3n) is 4.82. The fraction of sp³-hybridized carbons (Fsp3) is 0.529. The van der Waals surface area contributed by atoms with Crippen molar-refractivity contribution >= 4 is 0 Å². The second kappa shape index (κ2) is 5.26. The summed E-state index contributed by atoms with van der Waals surface area (Å²) in [6.45, 7) is 3.15. The molecule has 110 valence electrons. The summed E-state index contributed by atoms with van der Waals surface area (Å²) in [6, 6.07) is 8.84. The van der Waals surface area contributed by atoms with Gasteiger partial charge in [0.25, 0.3) is 0 Å². The fourth-order valence-corrected chi connectivity index (χ4v) is 3.28. The third kappa shape index (κ3) is 2.60. The first-order valence-corrected chi connectivity index (χ1v) is 7.98. The third-order valence-corrected chi connectivity index (χ3v) is 4.82. The van der Waals surface area contributed by atoms with Crippen molar-refractivity contribution in [2.75, 3.05) is 13.1 Å². The summed E-state index contributed by atoms with van der Waals surface area (Å²) in [6.07, 6.45) is 4.85. The van der Waals surface area contributed by atoms with Crippen molar-refractivity contribution in [2.45, 2.75) is 38.1 Å². The van der Waals surface area contributed by atoms with Gasteiger partial charge in [-0.15, -0.1) is 10.2 Å². The van der Waals surface area contributed by atoms with E-state index in [1.165, 1.54) is 29.8 Å². The van der Waals surface area contributed by atoms with Crippen molar-refractivity contribution in [3.63, 3.8) is 0 Å². The van der Waals surface area contributed by atoms with Gasteiger partial charge in [0.1, 0.15) is 11.6 Å². The summed E-state index contributed by atoms with van der Waals surface area (Å²) < 4.78 is 2.22. The van der Waals surface area contributed by atoms with Gasteiger partial charge in [-0.05, 0) is 36.8 Å². The van der Waals surface area contributed by atoms with Gasteiger partial charge in [-0.2, -0.15) is 0 Å². The summed E-state index contributed by atoms with van der Waals surface area (Å²) in [4.78, 5) is 2.51. The predicted molar refractivity (Wildman–Crippen MR) is 82.1 cm³/mol. The minimum absolute atomic E-state index is 0.671. The van der Waals surface area contributed by atoms with Crippen molar-refractivity contribution in [1.82, 2.24) is 19.7 Å². The van der Waals surface area contributed by atoms with Crippen LogP contribution in [-0.4, -0.2) is 32.8 Å². The highest BCUT2D eigenvalue weighted by molar-refractivity contribution is 5.28. The van der Waals surface area contributed by atoms with Crippen LogP contribution in [0.15, 0.2) is 24.3 Å². The molecule has 0 N–H and O–H groups in total. The average molecular weight is 282 g/mol. The van der Waals surface area contributed by atoms with E-state index in [1.807, 2.05) is 0 Å². The number of aromatic nitrogens is 3. The lowest BCUT2D eigenvalue weighted by molar-refractivity contribution is 0.269. The average Bonchev–Trinajstić information content (AvgIpc) is 3.30. The van der Waals surface area contributed by atoms with Crippen molar-refractivity contribution < 1.29 is 0 Å². The number of rotatable bonds is 3. The SMILES string of the molecule is Cn1c(CN2CCc3ccccc3CC2)nnc1C1CC1. The van der Waals surface area contributed by atoms with E-state index in [-0.39, 0.29) is 0 Å². The predicted octanol–water partition coefficient (Wildman–Crippen LogP) is 2.29. The molecule has 2 aromatic rings. The number of hydrogen-bond acceptors (Lipinski definition) is 3. The van der Waals surface area contributed by atoms with Crippen molar-refractivity contribution in [3.8, 4) is 0 Å². The monoisotopic (exact) mass is 282 g/mol. The van der Waals surface area contributed by atoms with Crippen LogP contribution in [0.25, 0.3) is 0 Å². The first-order valence-electron chi connectivity index (χ1n) is 7.98. The highest BCUT2D eigenvalue weighted by atomic mass is 15.3. The number of benzene rings is 1. The molecule has 1 saturated carbocycles. The maximum absolute atomic E-state index is 4.42. The Bertz CT molecular complexity index is 615. The molecule has 0 unspecified atom stereocenters. The molecule has 4 heteroatoms. The van der Waals surface area contributed by atoms with E-state index < -0.39 is 0 Å². The first kappa shape index (κ1) is 13.0. The molecule has 0 spiro atoms. The molecular formula is C17H22N4. The highest BCUT2D eigenvalue weighted by Crippen LogP contribution is 2.38. The number of hydrogen-bond donors (Lipinski definition) is 0. The topological polar surface area (TPSA) is 34.0 Å². The van der Waals surface area contributed by atoms with Crippen molar-refractivity contribution in [1.29, 1.82) is 0 Å². The normalized spacial score (nSPS) is 19.3. The molecule has 0 atom stereocenters. The Labute approximate surface area is 125 Å². The maximum atomic E-state index is 4.42. The van der Waals surface area contributed by atoms with Crippen LogP contribution in [0, 0.1) is 0 Å². The van der Waals surface area contributed by atoms with E-state index in [2.05, 4.69) is 51.0 Å². The van der Waals surface area contributed by atoms with Crippen LogP contribution in [0.3, 0.4) is 0 Å². The second-order valence-electron chi connectivity index (χ2n) is 6.35. The summed E-state index contributed by atoms with van der Waals surface area (Å²) in [5.74, 6) is 2.97. The van der Waals surface area contributed by atoms with E-state index in [4.69, 9.17) is 0 Å². The fourth-order valence-electron chi connectivity index (χ4n) is 3.28. The summed E-state index contributed by atoms with van der Waals surface area (Å²) >= 11 is 0. The maximum Gasteiger partial charge on any atom is 0.146 e. The van der Waals surface area contributed by atoms with Crippen molar-refractivity contribution in [2.24, 2.45) is 7.05 Å². The summed E-state index contributed by atoms with van der Waals surface area (Å²) in [5, 5.41) is 8.81. The molecule has 0 saturated heterocycles. The zero-order valence-corrected chi connectivity index (χ0v) is 12.6. The van der Waals surface area contributed by atoms with E-state index in [1.54, 1.807) is 0 Å². The standard InChI is InChI=1S/C17H22N4/c1-20-16(18-19-17(20)15-6-7-15)12-21-10-8-13-4-2-3-5-14(13)9-11-21/h2-5,15H,6-12H2,1H3. The van der Waals surface area contributed by atoms with Crippen LogP contribution in [0.4, 0.5) is 0 Å². The lowest BCUT2D eigenvalue weighted by Gasteiger charge is -2.19. The molecule has 4 nitrogen and oxygen atoms in total. The van der Waals surface area contributed by atoms with Gasteiger partial charge < -0.3 is 4.57 Å². The zero-order chi connectivity index (χ0) is 14.2. The van der Waals surface area contributed by atoms with Crippen LogP contribution in [0.2, 0.25) is 0 Å². The Kier molecular flexibility index (Phi) is 3.26. The van der Waals surface area contributed by atoms with Gasteiger partial charge in [0, 0.05) is 26.1 Å². The van der Waals surface area contributed by atoms with E-state index in [0.717, 1.165) is 38.3 Å². The lowest BCUT2D eigenvalue weighted by atomic mass is 10.0. The quantitative estimate of drug-likeness (QED) is 0.866. The Morgan fingerprint density at radius 3 is 2.33 bits per heavy atom. The minimum Gasteiger partial charge on any atom is -0.317 e. The number of nitrogens with zero attached hydrogens (tertiary/aromatic N) is 4. The second-order valence-corrected chi connectivity index (χ2v) is 6.35. The molecule has 4 rings (SSSR count). The molecule has 1 aromatic heterocycles. The molecule has 1 aromatic carbocycles. The van der Waals surface area contributed by atoms with Crippen LogP contribution in [0.5, 0.6) is 0 Å². The lowest BCUT2D eigenvalue weighted by Crippen LogP contribution is -2.27. The van der Waals surface area contributed by atoms with Gasteiger partial charge in [-0.25, -0.2) is 0 Å². The number of fused-ring (bicyclic) bond motifs is 1. The molecule has 0 radical (unpaired) electrons. The molecule has 1 aliphatic carbocycles. The Balaban J connectivity index is 1.46. The summed E-state index contributed by atoms with van der Waals surface area (Å²) in [5.41, 5.74) is 3.02. The molecular weight excluding hydrogens is 260 g/mol. The van der Waals surface area contributed by atoms with Gasteiger partial charge in [0.05, 0.1) is 6.54 Å². The molecule has 21 heavy (non-hydrogen) atoms. The molecule has 2 heterocycles. The molecule has 0 bridgehead atoms. The molecule has 2 aliphatic rings. The molecule has 1 aliphatic heterocycles. The van der Waals surface area contributed by atoms with Gasteiger partial charge in [0.2, 0.25) is 0 Å². The smallest absolute Gasteiger partial charge is 0.146 e. The largest absolute Gasteiger partial charge is 0.317 e.